The first-order valence-corrected chi connectivity index (χ1v) is 10.1. The predicted octanol–water partition coefficient (Wildman–Crippen LogP) is 3.68. The van der Waals surface area contributed by atoms with E-state index in [0.29, 0.717) is 26.5 Å². The van der Waals surface area contributed by atoms with Gasteiger partial charge in [0.25, 0.3) is 5.91 Å². The molecule has 150 valence electrons. The maximum atomic E-state index is 12.4. The number of hydrogen-bond donors (Lipinski definition) is 3. The van der Waals surface area contributed by atoms with E-state index in [-0.39, 0.29) is 12.5 Å². The fourth-order valence-corrected chi connectivity index (χ4v) is 3.82. The fraction of sp³-hybridized carbons (Fsp3) is 0.0476. The summed E-state index contributed by atoms with van der Waals surface area (Å²) in [4.78, 5) is 32.6. The van der Waals surface area contributed by atoms with Crippen molar-refractivity contribution in [3.05, 3.63) is 70.2 Å². The Labute approximate surface area is 181 Å². The van der Waals surface area contributed by atoms with Crippen molar-refractivity contribution >= 4 is 68.7 Å². The number of rotatable bonds is 5. The number of hydrogen-bond acceptors (Lipinski definition) is 6. The number of nitrogens with zero attached hydrogens (tertiary/aromatic N) is 2. The highest BCUT2D eigenvalue weighted by Gasteiger charge is 2.24. The molecule has 4 rings (SSSR count). The van der Waals surface area contributed by atoms with Gasteiger partial charge < -0.3 is 16.4 Å². The standard InChI is InChI=1S/C21H16ClN5O2S/c22-15-5-4-14(25-11-19(23)28)10-17(15)26-21-27-20(29)18(30-21)9-12-3-6-16-13(8-12)2-1-7-24-16/h1-10,25H,11H2,(H2,23,28)(H,26,27,29)/b18-9-. The lowest BCUT2D eigenvalue weighted by Crippen LogP contribution is -2.21. The van der Waals surface area contributed by atoms with Gasteiger partial charge in [-0.2, -0.15) is 0 Å². The number of carbonyl (C=O) groups excluding carboxylic acids is 2. The van der Waals surface area contributed by atoms with Crippen molar-refractivity contribution in [3.63, 3.8) is 0 Å². The van der Waals surface area contributed by atoms with Gasteiger partial charge in [0.15, 0.2) is 5.17 Å². The average molecular weight is 438 g/mol. The zero-order valence-electron chi connectivity index (χ0n) is 15.6. The quantitative estimate of drug-likeness (QED) is 0.527. The molecule has 0 aliphatic carbocycles. The van der Waals surface area contributed by atoms with Crippen molar-refractivity contribution in [1.29, 1.82) is 0 Å². The molecule has 2 heterocycles. The number of halogens is 1. The summed E-state index contributed by atoms with van der Waals surface area (Å²) in [6.45, 7) is -0.00268. The third kappa shape index (κ3) is 4.61. The van der Waals surface area contributed by atoms with Crippen molar-refractivity contribution in [2.75, 3.05) is 11.9 Å². The summed E-state index contributed by atoms with van der Waals surface area (Å²) in [6, 6.07) is 14.7. The number of amides is 2. The highest BCUT2D eigenvalue weighted by molar-refractivity contribution is 8.18. The van der Waals surface area contributed by atoms with E-state index in [1.807, 2.05) is 30.3 Å². The van der Waals surface area contributed by atoms with E-state index in [1.165, 1.54) is 11.8 Å². The number of aliphatic imine (C=N–C) groups is 1. The molecule has 1 saturated heterocycles. The molecule has 2 aromatic carbocycles. The summed E-state index contributed by atoms with van der Waals surface area (Å²) >= 11 is 7.45. The van der Waals surface area contributed by atoms with Crippen LogP contribution < -0.4 is 16.4 Å². The number of nitrogens with one attached hydrogen (secondary N) is 2. The second kappa shape index (κ2) is 8.56. The molecule has 4 N–H and O–H groups in total. The molecule has 1 fully saturated rings. The van der Waals surface area contributed by atoms with E-state index >= 15 is 0 Å². The first-order valence-electron chi connectivity index (χ1n) is 8.94. The fourth-order valence-electron chi connectivity index (χ4n) is 2.82. The number of thioether (sulfide) groups is 1. The summed E-state index contributed by atoms with van der Waals surface area (Å²) < 4.78 is 0. The monoisotopic (exact) mass is 437 g/mol. The van der Waals surface area contributed by atoms with Crippen LogP contribution in [0.15, 0.2) is 64.6 Å². The average Bonchev–Trinajstić information content (AvgIpc) is 3.07. The number of fused-ring (bicyclic) bond motifs is 1. The lowest BCUT2D eigenvalue weighted by molar-refractivity contribution is -0.116. The van der Waals surface area contributed by atoms with E-state index in [1.54, 1.807) is 30.5 Å². The minimum atomic E-state index is -0.476. The Morgan fingerprint density at radius 3 is 2.97 bits per heavy atom. The Bertz CT molecular complexity index is 1220. The summed E-state index contributed by atoms with van der Waals surface area (Å²) in [5.41, 5.74) is 8.05. The summed E-state index contributed by atoms with van der Waals surface area (Å²) in [7, 11) is 0. The molecule has 0 saturated carbocycles. The van der Waals surface area contributed by atoms with Crippen LogP contribution in [0.1, 0.15) is 5.56 Å². The van der Waals surface area contributed by atoms with Crippen LogP contribution in [0.4, 0.5) is 11.4 Å². The molecule has 1 aliphatic rings. The number of pyridine rings is 1. The van der Waals surface area contributed by atoms with Gasteiger partial charge in [-0.15, -0.1) is 0 Å². The van der Waals surface area contributed by atoms with Crippen molar-refractivity contribution in [2.45, 2.75) is 0 Å². The zero-order chi connectivity index (χ0) is 21.1. The Morgan fingerprint density at radius 1 is 1.27 bits per heavy atom. The lowest BCUT2D eigenvalue weighted by atomic mass is 10.1. The molecular weight excluding hydrogens is 422 g/mol. The Morgan fingerprint density at radius 2 is 2.13 bits per heavy atom. The second-order valence-electron chi connectivity index (χ2n) is 6.42. The lowest BCUT2D eigenvalue weighted by Gasteiger charge is -2.06. The molecule has 9 heteroatoms. The van der Waals surface area contributed by atoms with Gasteiger partial charge in [0.05, 0.1) is 27.7 Å². The molecule has 0 unspecified atom stereocenters. The Balaban J connectivity index is 1.56. The van der Waals surface area contributed by atoms with Crippen LogP contribution >= 0.6 is 23.4 Å². The SMILES string of the molecule is NC(=O)CNc1ccc(Cl)c(N=C2NC(=O)/C(=C/c3ccc4ncccc4c3)S2)c1. The van der Waals surface area contributed by atoms with Crippen molar-refractivity contribution < 1.29 is 9.59 Å². The molecule has 3 aromatic rings. The second-order valence-corrected chi connectivity index (χ2v) is 7.86. The number of benzene rings is 2. The molecule has 0 spiro atoms. The van der Waals surface area contributed by atoms with Crippen molar-refractivity contribution in [2.24, 2.45) is 10.7 Å². The van der Waals surface area contributed by atoms with Crippen LogP contribution in [-0.2, 0) is 9.59 Å². The molecule has 30 heavy (non-hydrogen) atoms. The molecule has 1 aromatic heterocycles. The Kier molecular flexibility index (Phi) is 5.69. The first-order chi connectivity index (χ1) is 14.5. The van der Waals surface area contributed by atoms with Gasteiger partial charge in [0, 0.05) is 17.3 Å². The minimum absolute atomic E-state index is 0.00268. The predicted molar refractivity (Wildman–Crippen MR) is 122 cm³/mol. The van der Waals surface area contributed by atoms with Gasteiger partial charge in [0.1, 0.15) is 0 Å². The van der Waals surface area contributed by atoms with Gasteiger partial charge in [-0.3, -0.25) is 14.6 Å². The number of amidine groups is 1. The molecule has 2 amide bonds. The van der Waals surface area contributed by atoms with E-state index < -0.39 is 5.91 Å². The highest BCUT2D eigenvalue weighted by atomic mass is 35.5. The van der Waals surface area contributed by atoms with E-state index in [4.69, 9.17) is 17.3 Å². The molecular formula is C21H16ClN5O2S. The van der Waals surface area contributed by atoms with Crippen LogP contribution in [0.25, 0.3) is 17.0 Å². The first kappa shape index (κ1) is 19.9. The Hall–Kier alpha value is -3.36. The van der Waals surface area contributed by atoms with Crippen LogP contribution in [-0.4, -0.2) is 28.5 Å². The summed E-state index contributed by atoms with van der Waals surface area (Å²) in [6.07, 6.45) is 3.55. The molecule has 0 bridgehead atoms. The van der Waals surface area contributed by atoms with E-state index in [9.17, 15) is 9.59 Å². The van der Waals surface area contributed by atoms with Gasteiger partial charge in [-0.1, -0.05) is 23.7 Å². The number of aromatic nitrogens is 1. The van der Waals surface area contributed by atoms with Crippen LogP contribution in [0.5, 0.6) is 0 Å². The third-order valence-corrected chi connectivity index (χ3v) is 5.44. The maximum absolute atomic E-state index is 12.4. The van der Waals surface area contributed by atoms with Crippen molar-refractivity contribution in [3.8, 4) is 0 Å². The van der Waals surface area contributed by atoms with Crippen LogP contribution in [0.2, 0.25) is 5.02 Å². The van der Waals surface area contributed by atoms with Gasteiger partial charge in [-0.05, 0) is 59.8 Å². The number of primary amides is 1. The van der Waals surface area contributed by atoms with E-state index in [0.717, 1.165) is 16.5 Å². The highest BCUT2D eigenvalue weighted by Crippen LogP contribution is 2.33. The maximum Gasteiger partial charge on any atom is 0.264 e. The minimum Gasteiger partial charge on any atom is -0.376 e. The smallest absolute Gasteiger partial charge is 0.264 e. The zero-order valence-corrected chi connectivity index (χ0v) is 17.1. The largest absolute Gasteiger partial charge is 0.376 e. The van der Waals surface area contributed by atoms with Crippen molar-refractivity contribution in [1.82, 2.24) is 10.3 Å². The summed E-state index contributed by atoms with van der Waals surface area (Å²) in [5.74, 6) is -0.708. The summed E-state index contributed by atoms with van der Waals surface area (Å²) in [5, 5.41) is 7.47. The molecule has 7 nitrogen and oxygen atoms in total. The molecule has 0 atom stereocenters. The van der Waals surface area contributed by atoms with Crippen LogP contribution in [0.3, 0.4) is 0 Å². The van der Waals surface area contributed by atoms with Crippen LogP contribution in [0, 0.1) is 0 Å². The van der Waals surface area contributed by atoms with Gasteiger partial charge in [-0.25, -0.2) is 4.99 Å². The third-order valence-electron chi connectivity index (χ3n) is 4.21. The van der Waals surface area contributed by atoms with Gasteiger partial charge >= 0.3 is 0 Å². The number of nitrogens with two attached hydrogens (primary N) is 1. The van der Waals surface area contributed by atoms with E-state index in [2.05, 4.69) is 20.6 Å². The number of anilines is 1. The molecule has 0 radical (unpaired) electrons. The number of carbonyl (C=O) groups is 2. The normalized spacial score (nSPS) is 16.2. The molecule has 1 aliphatic heterocycles. The van der Waals surface area contributed by atoms with Gasteiger partial charge in [0.2, 0.25) is 5.91 Å². The topological polar surface area (TPSA) is 109 Å².